The zero-order chi connectivity index (χ0) is 14.2. The minimum absolute atomic E-state index is 0. The molecule has 0 spiro atoms. The average molecular weight is 306 g/mol. The average Bonchev–Trinajstić information content (AvgIpc) is 2.47. The maximum Gasteiger partial charge on any atom is 0.122 e. The highest BCUT2D eigenvalue weighted by molar-refractivity contribution is 5.85. The van der Waals surface area contributed by atoms with E-state index in [0.717, 1.165) is 31.7 Å². The predicted molar refractivity (Wildman–Crippen MR) is 91.6 cm³/mol. The van der Waals surface area contributed by atoms with Crippen molar-refractivity contribution in [2.75, 3.05) is 27.2 Å². The van der Waals surface area contributed by atoms with Crippen LogP contribution in [0.3, 0.4) is 0 Å². The first kappa shape index (κ1) is 17.5. The molecule has 0 aliphatic rings. The Hall–Kier alpha value is -1.51. The van der Waals surface area contributed by atoms with Crippen LogP contribution in [0.2, 0.25) is 0 Å². The zero-order valence-electron chi connectivity index (χ0n) is 12.8. The van der Waals surface area contributed by atoms with Crippen molar-refractivity contribution in [2.45, 2.75) is 12.8 Å². The standard InChI is InChI=1S/C18H23NO.ClH/c1-19(2)14-15-20-18-11-7-6-10-17(18)13-12-16-8-4-3-5-9-16;/h3-11H,12-15H2,1-2H3;1H. The summed E-state index contributed by atoms with van der Waals surface area (Å²) in [5.74, 6) is 1.02. The molecule has 0 bridgehead atoms. The van der Waals surface area contributed by atoms with Crippen molar-refractivity contribution >= 4 is 12.4 Å². The first-order valence-electron chi connectivity index (χ1n) is 7.15. The van der Waals surface area contributed by atoms with Crippen LogP contribution in [0, 0.1) is 0 Å². The lowest BCUT2D eigenvalue weighted by molar-refractivity contribution is 0.259. The van der Waals surface area contributed by atoms with Crippen LogP contribution in [-0.2, 0) is 12.8 Å². The Kier molecular flexibility index (Phi) is 7.88. The fourth-order valence-corrected chi connectivity index (χ4v) is 2.11. The molecule has 2 rings (SSSR count). The van der Waals surface area contributed by atoms with Crippen molar-refractivity contribution < 1.29 is 4.74 Å². The normalized spacial score (nSPS) is 10.2. The molecule has 3 heteroatoms. The molecule has 0 radical (unpaired) electrons. The highest BCUT2D eigenvalue weighted by Gasteiger charge is 2.03. The number of aryl methyl sites for hydroxylation is 2. The third-order valence-electron chi connectivity index (χ3n) is 3.29. The molecular weight excluding hydrogens is 282 g/mol. The van der Waals surface area contributed by atoms with Gasteiger partial charge in [0.25, 0.3) is 0 Å². The summed E-state index contributed by atoms with van der Waals surface area (Å²) in [6.45, 7) is 1.67. The van der Waals surface area contributed by atoms with Crippen LogP contribution in [0.15, 0.2) is 54.6 Å². The van der Waals surface area contributed by atoms with Crippen LogP contribution in [0.5, 0.6) is 5.75 Å². The van der Waals surface area contributed by atoms with Crippen molar-refractivity contribution in [1.29, 1.82) is 0 Å². The van der Waals surface area contributed by atoms with Gasteiger partial charge in [0.1, 0.15) is 12.4 Å². The number of nitrogens with zero attached hydrogens (tertiary/aromatic N) is 1. The molecule has 2 aromatic carbocycles. The summed E-state index contributed by atoms with van der Waals surface area (Å²) in [5.41, 5.74) is 2.66. The van der Waals surface area contributed by atoms with Crippen LogP contribution >= 0.6 is 12.4 Å². The number of rotatable bonds is 7. The van der Waals surface area contributed by atoms with Gasteiger partial charge >= 0.3 is 0 Å². The fraction of sp³-hybridized carbons (Fsp3) is 0.333. The Morgan fingerprint density at radius 3 is 2.24 bits per heavy atom. The first-order chi connectivity index (χ1) is 9.75. The lowest BCUT2D eigenvalue weighted by Crippen LogP contribution is -2.19. The van der Waals surface area contributed by atoms with Crippen molar-refractivity contribution in [2.24, 2.45) is 0 Å². The molecule has 0 heterocycles. The van der Waals surface area contributed by atoms with E-state index in [1.807, 2.05) is 6.07 Å². The van der Waals surface area contributed by atoms with Crippen LogP contribution in [0.1, 0.15) is 11.1 Å². The quantitative estimate of drug-likeness (QED) is 0.771. The van der Waals surface area contributed by atoms with Crippen molar-refractivity contribution in [3.05, 3.63) is 65.7 Å². The van der Waals surface area contributed by atoms with Crippen molar-refractivity contribution in [1.82, 2.24) is 4.90 Å². The van der Waals surface area contributed by atoms with Gasteiger partial charge in [0.2, 0.25) is 0 Å². The van der Waals surface area contributed by atoms with Gasteiger partial charge in [-0.05, 0) is 44.1 Å². The van der Waals surface area contributed by atoms with Crippen LogP contribution in [0.25, 0.3) is 0 Å². The van der Waals surface area contributed by atoms with Gasteiger partial charge in [-0.15, -0.1) is 12.4 Å². The molecule has 0 unspecified atom stereocenters. The Morgan fingerprint density at radius 2 is 1.52 bits per heavy atom. The van der Waals surface area contributed by atoms with Gasteiger partial charge in [0.15, 0.2) is 0 Å². The highest BCUT2D eigenvalue weighted by atomic mass is 35.5. The van der Waals surface area contributed by atoms with E-state index in [-0.39, 0.29) is 12.4 Å². The van der Waals surface area contributed by atoms with E-state index in [4.69, 9.17) is 4.74 Å². The minimum Gasteiger partial charge on any atom is -0.492 e. The fourth-order valence-electron chi connectivity index (χ4n) is 2.11. The molecule has 0 aliphatic carbocycles. The van der Waals surface area contributed by atoms with Gasteiger partial charge in [-0.1, -0.05) is 48.5 Å². The molecule has 0 aromatic heterocycles. The molecule has 21 heavy (non-hydrogen) atoms. The van der Waals surface area contributed by atoms with Gasteiger partial charge in [0.05, 0.1) is 0 Å². The number of halogens is 1. The number of ether oxygens (including phenoxy) is 1. The number of hydrogen-bond donors (Lipinski definition) is 0. The molecule has 0 saturated heterocycles. The second-order valence-corrected chi connectivity index (χ2v) is 5.25. The van der Waals surface area contributed by atoms with Crippen LogP contribution in [0.4, 0.5) is 0 Å². The lowest BCUT2D eigenvalue weighted by Gasteiger charge is -2.14. The predicted octanol–water partition coefficient (Wildman–Crippen LogP) is 3.83. The molecule has 0 aliphatic heterocycles. The van der Waals surface area contributed by atoms with Gasteiger partial charge < -0.3 is 9.64 Å². The number of para-hydroxylation sites is 1. The van der Waals surface area contributed by atoms with E-state index in [0.29, 0.717) is 0 Å². The molecule has 0 saturated carbocycles. The van der Waals surface area contributed by atoms with E-state index >= 15 is 0 Å². The van der Waals surface area contributed by atoms with Crippen LogP contribution in [-0.4, -0.2) is 32.1 Å². The monoisotopic (exact) mass is 305 g/mol. The maximum atomic E-state index is 5.89. The zero-order valence-corrected chi connectivity index (χ0v) is 13.6. The van der Waals surface area contributed by atoms with Crippen molar-refractivity contribution in [3.63, 3.8) is 0 Å². The molecule has 114 valence electrons. The number of benzene rings is 2. The first-order valence-corrected chi connectivity index (χ1v) is 7.15. The molecule has 2 nitrogen and oxygen atoms in total. The second kappa shape index (κ2) is 9.43. The highest BCUT2D eigenvalue weighted by Crippen LogP contribution is 2.20. The smallest absolute Gasteiger partial charge is 0.122 e. The minimum atomic E-state index is 0. The SMILES string of the molecule is CN(C)CCOc1ccccc1CCc1ccccc1.Cl. The third kappa shape index (κ3) is 6.19. The lowest BCUT2D eigenvalue weighted by atomic mass is 10.0. The summed E-state index contributed by atoms with van der Waals surface area (Å²) >= 11 is 0. The van der Waals surface area contributed by atoms with Gasteiger partial charge in [-0.25, -0.2) is 0 Å². The topological polar surface area (TPSA) is 12.5 Å². The Bertz CT molecular complexity index is 514. The summed E-state index contributed by atoms with van der Waals surface area (Å²) < 4.78 is 5.89. The Balaban J connectivity index is 0.00000220. The van der Waals surface area contributed by atoms with E-state index in [1.54, 1.807) is 0 Å². The summed E-state index contributed by atoms with van der Waals surface area (Å²) in [5, 5.41) is 0. The molecule has 0 amide bonds. The van der Waals surface area contributed by atoms with Crippen LogP contribution < -0.4 is 4.74 Å². The summed E-state index contributed by atoms with van der Waals surface area (Å²) in [7, 11) is 4.12. The summed E-state index contributed by atoms with van der Waals surface area (Å²) in [6, 6.07) is 18.9. The maximum absolute atomic E-state index is 5.89. The molecule has 0 N–H and O–H groups in total. The molecule has 0 fully saturated rings. The van der Waals surface area contributed by atoms with Crippen molar-refractivity contribution in [3.8, 4) is 5.75 Å². The summed E-state index contributed by atoms with van der Waals surface area (Å²) in [6.07, 6.45) is 2.07. The van der Waals surface area contributed by atoms with E-state index in [9.17, 15) is 0 Å². The summed E-state index contributed by atoms with van der Waals surface area (Å²) in [4.78, 5) is 2.13. The molecular formula is C18H24ClNO. The second-order valence-electron chi connectivity index (χ2n) is 5.25. The van der Waals surface area contributed by atoms with E-state index < -0.39 is 0 Å². The Morgan fingerprint density at radius 1 is 0.857 bits per heavy atom. The Labute approximate surface area is 134 Å². The van der Waals surface area contributed by atoms with Gasteiger partial charge in [-0.3, -0.25) is 0 Å². The van der Waals surface area contributed by atoms with Gasteiger partial charge in [0, 0.05) is 6.54 Å². The van der Waals surface area contributed by atoms with E-state index in [2.05, 4.69) is 67.5 Å². The third-order valence-corrected chi connectivity index (χ3v) is 3.29. The van der Waals surface area contributed by atoms with E-state index in [1.165, 1.54) is 11.1 Å². The van der Waals surface area contributed by atoms with Gasteiger partial charge in [-0.2, -0.15) is 0 Å². The molecule has 2 aromatic rings. The number of hydrogen-bond acceptors (Lipinski definition) is 2. The molecule has 0 atom stereocenters. The largest absolute Gasteiger partial charge is 0.492 e. The number of likely N-dealkylation sites (N-methyl/N-ethyl adjacent to an activating group) is 1.